The van der Waals surface area contributed by atoms with E-state index in [0.29, 0.717) is 0 Å². The van der Waals surface area contributed by atoms with Crippen molar-refractivity contribution in [3.8, 4) is 0 Å². The first-order chi connectivity index (χ1) is 9.45. The summed E-state index contributed by atoms with van der Waals surface area (Å²) in [4.78, 5) is 12.6. The number of nitrogens with two attached hydrogens (primary N) is 1. The second-order valence-electron chi connectivity index (χ2n) is 4.60. The molecule has 0 aromatic carbocycles. The number of halogens is 3. The molecule has 6 nitrogen and oxygen atoms in total. The van der Waals surface area contributed by atoms with Gasteiger partial charge in [-0.3, -0.25) is 0 Å². The minimum Gasteiger partial charge on any atom is -0.383 e. The number of hydrogen-bond donors (Lipinski definition) is 2. The zero-order valence-electron chi connectivity index (χ0n) is 10.3. The molecule has 1 aliphatic carbocycles. The van der Waals surface area contributed by atoms with Gasteiger partial charge in [0.2, 0.25) is 0 Å². The lowest BCUT2D eigenvalue weighted by atomic mass is 10.3. The van der Waals surface area contributed by atoms with E-state index in [4.69, 9.17) is 10.6 Å². The molecule has 1 atom stereocenters. The molecule has 2 heterocycles. The van der Waals surface area contributed by atoms with E-state index < -0.39 is 17.9 Å². The van der Waals surface area contributed by atoms with Gasteiger partial charge in [0, 0.05) is 12.2 Å². The molecule has 1 aromatic heterocycles. The Bertz CT molecular complexity index is 543. The van der Waals surface area contributed by atoms with Gasteiger partial charge in [-0.25, -0.2) is 4.98 Å². The summed E-state index contributed by atoms with van der Waals surface area (Å²) in [6.07, 6.45) is 0.133. The second-order valence-corrected chi connectivity index (χ2v) is 4.60. The maximum absolute atomic E-state index is 12.9. The van der Waals surface area contributed by atoms with Crippen molar-refractivity contribution < 1.29 is 18.0 Å². The number of hydrogen-bond acceptors (Lipinski definition) is 6. The summed E-state index contributed by atoms with van der Waals surface area (Å²) >= 11 is 0. The third kappa shape index (κ3) is 2.48. The lowest BCUT2D eigenvalue weighted by molar-refractivity contribution is -0.137. The molecule has 0 bridgehead atoms. The minimum absolute atomic E-state index is 0.0151. The van der Waals surface area contributed by atoms with Crippen LogP contribution < -0.4 is 16.1 Å². The maximum atomic E-state index is 12.9. The average Bonchev–Trinajstić information content (AvgIpc) is 3.07. The van der Waals surface area contributed by atoms with Gasteiger partial charge < -0.3 is 15.9 Å². The Hall–Kier alpha value is -2.03. The Kier molecular flexibility index (Phi) is 2.93. The number of nitrogens with zero attached hydrogens (tertiary/aromatic N) is 3. The van der Waals surface area contributed by atoms with Crippen LogP contribution in [0.25, 0.3) is 0 Å². The Morgan fingerprint density at radius 2 is 2.15 bits per heavy atom. The molecule has 1 saturated carbocycles. The minimum atomic E-state index is -4.51. The van der Waals surface area contributed by atoms with Crippen LogP contribution in [0.5, 0.6) is 0 Å². The molecule has 0 spiro atoms. The largest absolute Gasteiger partial charge is 0.421 e. The fraction of sp³-hybridized carbons (Fsp3) is 0.455. The summed E-state index contributed by atoms with van der Waals surface area (Å²) in [6.45, 7) is 0. The number of alkyl halides is 3. The van der Waals surface area contributed by atoms with Gasteiger partial charge in [-0.05, 0) is 18.9 Å². The molecule has 9 heteroatoms. The van der Waals surface area contributed by atoms with Crippen LogP contribution in [0.2, 0.25) is 0 Å². The number of rotatable bonds is 3. The van der Waals surface area contributed by atoms with Gasteiger partial charge >= 0.3 is 6.18 Å². The van der Waals surface area contributed by atoms with Crippen LogP contribution in [0.15, 0.2) is 18.5 Å². The molecule has 0 saturated heterocycles. The van der Waals surface area contributed by atoms with Crippen LogP contribution >= 0.6 is 0 Å². The van der Waals surface area contributed by atoms with Gasteiger partial charge in [-0.2, -0.15) is 23.2 Å². The van der Waals surface area contributed by atoms with Crippen molar-refractivity contribution in [1.29, 1.82) is 0 Å². The van der Waals surface area contributed by atoms with Crippen LogP contribution in [0, 0.1) is 0 Å². The standard InChI is InChI=1S/C11H12F3N5O/c12-11(13,14)7-5-16-10(19-8(15)3-4-20-19)18-9(7)17-6-1-2-6/h3-6,8H,1-2,15H2,(H,16,17,18). The van der Waals surface area contributed by atoms with E-state index in [1.165, 1.54) is 12.3 Å². The SMILES string of the molecule is NC1C=CON1c1ncc(C(F)(F)F)c(NC2CC2)n1. The first kappa shape index (κ1) is 13.0. The summed E-state index contributed by atoms with van der Waals surface area (Å²) < 4.78 is 38.7. The van der Waals surface area contributed by atoms with Gasteiger partial charge in [0.1, 0.15) is 23.8 Å². The molecule has 20 heavy (non-hydrogen) atoms. The third-order valence-corrected chi connectivity index (χ3v) is 2.92. The Morgan fingerprint density at radius 3 is 2.70 bits per heavy atom. The summed E-state index contributed by atoms with van der Waals surface area (Å²) in [5.74, 6) is -0.258. The zero-order valence-corrected chi connectivity index (χ0v) is 10.3. The van der Waals surface area contributed by atoms with Crippen LogP contribution in [0.1, 0.15) is 18.4 Å². The normalized spacial score (nSPS) is 22.0. The highest BCUT2D eigenvalue weighted by Gasteiger charge is 2.37. The molecular formula is C11H12F3N5O. The van der Waals surface area contributed by atoms with E-state index in [9.17, 15) is 13.2 Å². The third-order valence-electron chi connectivity index (χ3n) is 2.92. The molecule has 108 valence electrons. The summed E-state index contributed by atoms with van der Waals surface area (Å²) in [5, 5.41) is 3.89. The van der Waals surface area contributed by atoms with Gasteiger partial charge in [0.05, 0.1) is 0 Å². The van der Waals surface area contributed by atoms with E-state index in [2.05, 4.69) is 15.3 Å². The highest BCUT2D eigenvalue weighted by molar-refractivity contribution is 5.50. The van der Waals surface area contributed by atoms with Gasteiger partial charge in [-0.15, -0.1) is 0 Å². The molecule has 1 aliphatic heterocycles. The monoisotopic (exact) mass is 287 g/mol. The van der Waals surface area contributed by atoms with Crippen molar-refractivity contribution in [2.45, 2.75) is 31.2 Å². The molecule has 1 unspecified atom stereocenters. The summed E-state index contributed by atoms with van der Waals surface area (Å²) in [5.41, 5.74) is 4.80. The van der Waals surface area contributed by atoms with E-state index in [1.807, 2.05) is 0 Å². The lowest BCUT2D eigenvalue weighted by Gasteiger charge is -2.21. The molecule has 1 aromatic rings. The van der Waals surface area contributed by atoms with Crippen molar-refractivity contribution in [3.05, 3.63) is 24.1 Å². The van der Waals surface area contributed by atoms with E-state index >= 15 is 0 Å². The van der Waals surface area contributed by atoms with Crippen molar-refractivity contribution in [2.24, 2.45) is 5.73 Å². The molecule has 0 amide bonds. The van der Waals surface area contributed by atoms with Crippen LogP contribution in [-0.2, 0) is 11.0 Å². The number of hydroxylamine groups is 1. The average molecular weight is 287 g/mol. The molecular weight excluding hydrogens is 275 g/mol. The number of nitrogens with one attached hydrogen (secondary N) is 1. The Balaban J connectivity index is 1.93. The van der Waals surface area contributed by atoms with Crippen molar-refractivity contribution in [1.82, 2.24) is 9.97 Å². The first-order valence-corrected chi connectivity index (χ1v) is 6.04. The van der Waals surface area contributed by atoms with Gasteiger partial charge in [0.15, 0.2) is 0 Å². The number of aromatic nitrogens is 2. The second kappa shape index (κ2) is 4.51. The van der Waals surface area contributed by atoms with Crippen molar-refractivity contribution >= 4 is 11.8 Å². The van der Waals surface area contributed by atoms with Gasteiger partial charge in [-0.1, -0.05) is 0 Å². The number of anilines is 2. The molecule has 1 fully saturated rings. The predicted molar refractivity (Wildman–Crippen MR) is 64.4 cm³/mol. The molecule has 3 N–H and O–H groups in total. The Labute approximate surface area is 112 Å². The predicted octanol–water partition coefficient (Wildman–Crippen LogP) is 1.62. The maximum Gasteiger partial charge on any atom is 0.421 e. The quantitative estimate of drug-likeness (QED) is 0.879. The highest BCUT2D eigenvalue weighted by Crippen LogP contribution is 2.36. The van der Waals surface area contributed by atoms with Gasteiger partial charge in [0.25, 0.3) is 5.95 Å². The van der Waals surface area contributed by atoms with E-state index in [1.54, 1.807) is 0 Å². The van der Waals surface area contributed by atoms with Crippen molar-refractivity contribution in [3.63, 3.8) is 0 Å². The molecule has 2 aliphatic rings. The van der Waals surface area contributed by atoms with Crippen molar-refractivity contribution in [2.75, 3.05) is 10.4 Å². The Morgan fingerprint density at radius 1 is 1.40 bits per heavy atom. The zero-order chi connectivity index (χ0) is 14.3. The summed E-state index contributed by atoms with van der Waals surface area (Å²) in [6, 6.07) is 0.0325. The van der Waals surface area contributed by atoms with Crippen LogP contribution in [0.4, 0.5) is 24.9 Å². The van der Waals surface area contributed by atoms with E-state index in [0.717, 1.165) is 24.1 Å². The van der Waals surface area contributed by atoms with E-state index in [-0.39, 0.29) is 17.8 Å². The highest BCUT2D eigenvalue weighted by atomic mass is 19.4. The molecule has 3 rings (SSSR count). The lowest BCUT2D eigenvalue weighted by Crippen LogP contribution is -2.37. The fourth-order valence-corrected chi connectivity index (χ4v) is 1.73. The molecule has 0 radical (unpaired) electrons. The summed E-state index contributed by atoms with van der Waals surface area (Å²) in [7, 11) is 0. The smallest absolute Gasteiger partial charge is 0.383 e. The topological polar surface area (TPSA) is 76.3 Å². The first-order valence-electron chi connectivity index (χ1n) is 6.04. The van der Waals surface area contributed by atoms with Crippen LogP contribution in [-0.4, -0.2) is 22.2 Å². The fourth-order valence-electron chi connectivity index (χ4n) is 1.73. The van der Waals surface area contributed by atoms with Crippen LogP contribution in [0.3, 0.4) is 0 Å².